The maximum absolute atomic E-state index is 11.6. The predicted molar refractivity (Wildman–Crippen MR) is 69.2 cm³/mol. The van der Waals surface area contributed by atoms with Crippen LogP contribution in [0.25, 0.3) is 0 Å². The first-order valence-corrected chi connectivity index (χ1v) is 6.38. The minimum Gasteiger partial charge on any atom is -0.494 e. The number of carboxylic acids is 1. The van der Waals surface area contributed by atoms with Crippen molar-refractivity contribution < 1.29 is 19.4 Å². The quantitative estimate of drug-likeness (QED) is 0.784. The van der Waals surface area contributed by atoms with Crippen LogP contribution in [-0.2, 0) is 4.79 Å². The van der Waals surface area contributed by atoms with Gasteiger partial charge in [0.2, 0.25) is 0 Å². The molecule has 0 aliphatic heterocycles. The predicted octanol–water partition coefficient (Wildman–Crippen LogP) is 1.68. The second kappa shape index (κ2) is 6.22. The number of nitrogens with one attached hydrogen (secondary N) is 1. The lowest BCUT2D eigenvalue weighted by Crippen LogP contribution is -2.29. The number of amides is 1. The number of rotatable bonds is 7. The van der Waals surface area contributed by atoms with E-state index in [0.717, 1.165) is 18.1 Å². The molecule has 0 heterocycles. The van der Waals surface area contributed by atoms with Crippen molar-refractivity contribution in [3.05, 3.63) is 29.8 Å². The number of aliphatic carboxylic acids is 1. The molecule has 5 nitrogen and oxygen atoms in total. The number of hydrogen-bond donors (Lipinski definition) is 2. The van der Waals surface area contributed by atoms with E-state index in [0.29, 0.717) is 12.2 Å². The molecule has 1 saturated carbocycles. The summed E-state index contributed by atoms with van der Waals surface area (Å²) in [5.41, 5.74) is 0.427. The summed E-state index contributed by atoms with van der Waals surface area (Å²) < 4.78 is 5.56. The average Bonchev–Trinajstić information content (AvgIpc) is 3.21. The van der Waals surface area contributed by atoms with Gasteiger partial charge in [0.25, 0.3) is 5.91 Å². The highest BCUT2D eigenvalue weighted by Crippen LogP contribution is 2.32. The molecule has 5 heteroatoms. The molecule has 102 valence electrons. The van der Waals surface area contributed by atoms with E-state index >= 15 is 0 Å². The van der Waals surface area contributed by atoms with Crippen molar-refractivity contribution in [2.24, 2.45) is 5.92 Å². The molecule has 1 aliphatic carbocycles. The summed E-state index contributed by atoms with van der Waals surface area (Å²) in [6, 6.07) is 6.71. The second-order valence-corrected chi connectivity index (χ2v) is 4.68. The van der Waals surface area contributed by atoms with Crippen molar-refractivity contribution in [2.45, 2.75) is 19.3 Å². The maximum Gasteiger partial charge on any atom is 0.322 e. The van der Waals surface area contributed by atoms with Gasteiger partial charge >= 0.3 is 5.97 Å². The standard InChI is InChI=1S/C14H17NO4/c16-13(17)9-15-14(18)11-3-5-12(6-4-11)19-8-7-10-1-2-10/h3-6,10H,1-2,7-9H2,(H,15,18)(H,16,17). The Morgan fingerprint density at radius 2 is 1.95 bits per heavy atom. The molecular weight excluding hydrogens is 246 g/mol. The van der Waals surface area contributed by atoms with Gasteiger partial charge in [-0.3, -0.25) is 9.59 Å². The maximum atomic E-state index is 11.6. The van der Waals surface area contributed by atoms with Gasteiger partial charge in [-0.05, 0) is 36.6 Å². The third-order valence-electron chi connectivity index (χ3n) is 3.01. The first-order valence-electron chi connectivity index (χ1n) is 6.38. The Kier molecular flexibility index (Phi) is 4.39. The third-order valence-corrected chi connectivity index (χ3v) is 3.01. The summed E-state index contributed by atoms with van der Waals surface area (Å²) in [4.78, 5) is 21.9. The fourth-order valence-corrected chi connectivity index (χ4v) is 1.71. The van der Waals surface area contributed by atoms with Crippen LogP contribution in [0.15, 0.2) is 24.3 Å². The Morgan fingerprint density at radius 3 is 2.53 bits per heavy atom. The van der Waals surface area contributed by atoms with Gasteiger partial charge in [-0.15, -0.1) is 0 Å². The molecule has 0 unspecified atom stereocenters. The lowest BCUT2D eigenvalue weighted by Gasteiger charge is -2.07. The minimum atomic E-state index is -1.06. The molecule has 0 aromatic heterocycles. The summed E-state index contributed by atoms with van der Waals surface area (Å²) in [7, 11) is 0. The third kappa shape index (κ3) is 4.62. The topological polar surface area (TPSA) is 75.6 Å². The van der Waals surface area contributed by atoms with Crippen molar-refractivity contribution in [2.75, 3.05) is 13.2 Å². The van der Waals surface area contributed by atoms with E-state index in [2.05, 4.69) is 5.32 Å². The van der Waals surface area contributed by atoms with Gasteiger partial charge in [0.05, 0.1) is 6.61 Å². The van der Waals surface area contributed by atoms with Crippen molar-refractivity contribution in [1.82, 2.24) is 5.32 Å². The van der Waals surface area contributed by atoms with Crippen LogP contribution in [0.4, 0.5) is 0 Å². The smallest absolute Gasteiger partial charge is 0.322 e. The number of benzene rings is 1. The number of ether oxygens (including phenoxy) is 1. The van der Waals surface area contributed by atoms with Gasteiger partial charge in [0, 0.05) is 5.56 Å². The molecule has 1 aromatic carbocycles. The molecule has 2 N–H and O–H groups in total. The summed E-state index contributed by atoms with van der Waals surface area (Å²) in [5, 5.41) is 10.8. The molecule has 19 heavy (non-hydrogen) atoms. The van der Waals surface area contributed by atoms with E-state index in [4.69, 9.17) is 9.84 Å². The van der Waals surface area contributed by atoms with Crippen LogP contribution in [0.2, 0.25) is 0 Å². The fourth-order valence-electron chi connectivity index (χ4n) is 1.71. The van der Waals surface area contributed by atoms with Crippen LogP contribution < -0.4 is 10.1 Å². The zero-order valence-corrected chi connectivity index (χ0v) is 10.6. The molecule has 1 amide bonds. The lowest BCUT2D eigenvalue weighted by molar-refractivity contribution is -0.135. The Hall–Kier alpha value is -2.04. The molecule has 1 aromatic rings. The number of hydrogen-bond acceptors (Lipinski definition) is 3. The van der Waals surface area contributed by atoms with E-state index in [9.17, 15) is 9.59 Å². The molecule has 0 saturated heterocycles. The van der Waals surface area contributed by atoms with Gasteiger partial charge in [-0.1, -0.05) is 12.8 Å². The molecule has 1 fully saturated rings. The van der Waals surface area contributed by atoms with Gasteiger partial charge < -0.3 is 15.2 Å². The van der Waals surface area contributed by atoms with Crippen LogP contribution in [0.5, 0.6) is 5.75 Å². The van der Waals surface area contributed by atoms with Crippen molar-refractivity contribution in [1.29, 1.82) is 0 Å². The highest BCUT2D eigenvalue weighted by Gasteiger charge is 2.20. The van der Waals surface area contributed by atoms with E-state index in [-0.39, 0.29) is 6.54 Å². The zero-order valence-electron chi connectivity index (χ0n) is 10.6. The van der Waals surface area contributed by atoms with Crippen molar-refractivity contribution in [3.63, 3.8) is 0 Å². The Labute approximate surface area is 111 Å². The Morgan fingerprint density at radius 1 is 1.26 bits per heavy atom. The largest absolute Gasteiger partial charge is 0.494 e. The van der Waals surface area contributed by atoms with Crippen LogP contribution in [0.1, 0.15) is 29.6 Å². The SMILES string of the molecule is O=C(O)CNC(=O)c1ccc(OCCC2CC2)cc1. The van der Waals surface area contributed by atoms with Gasteiger partial charge in [-0.25, -0.2) is 0 Å². The second-order valence-electron chi connectivity index (χ2n) is 4.68. The number of carbonyl (C=O) groups is 2. The normalized spacial score (nSPS) is 13.9. The van der Waals surface area contributed by atoms with Crippen LogP contribution in [-0.4, -0.2) is 30.1 Å². The number of carboxylic acid groups (broad SMARTS) is 1. The summed E-state index contributed by atoms with van der Waals surface area (Å²) in [6.07, 6.45) is 3.71. The highest BCUT2D eigenvalue weighted by atomic mass is 16.5. The van der Waals surface area contributed by atoms with Crippen LogP contribution in [0, 0.1) is 5.92 Å². The summed E-state index contributed by atoms with van der Waals surface area (Å²) in [5.74, 6) is 0.108. The van der Waals surface area contributed by atoms with E-state index in [1.54, 1.807) is 24.3 Å². The molecule has 0 radical (unpaired) electrons. The molecular formula is C14H17NO4. The van der Waals surface area contributed by atoms with Crippen molar-refractivity contribution in [3.8, 4) is 5.75 Å². The van der Waals surface area contributed by atoms with Gasteiger partial charge in [0.1, 0.15) is 12.3 Å². The first kappa shape index (κ1) is 13.4. The van der Waals surface area contributed by atoms with E-state index < -0.39 is 11.9 Å². The van der Waals surface area contributed by atoms with Crippen LogP contribution >= 0.6 is 0 Å². The van der Waals surface area contributed by atoms with Gasteiger partial charge in [0.15, 0.2) is 0 Å². The monoisotopic (exact) mass is 263 g/mol. The van der Waals surface area contributed by atoms with Gasteiger partial charge in [-0.2, -0.15) is 0 Å². The van der Waals surface area contributed by atoms with Crippen LogP contribution in [0.3, 0.4) is 0 Å². The molecule has 2 rings (SSSR count). The lowest BCUT2D eigenvalue weighted by atomic mass is 10.2. The molecule has 0 bridgehead atoms. The molecule has 0 atom stereocenters. The van der Waals surface area contributed by atoms with E-state index in [1.807, 2.05) is 0 Å². The van der Waals surface area contributed by atoms with E-state index in [1.165, 1.54) is 12.8 Å². The first-order chi connectivity index (χ1) is 9.15. The highest BCUT2D eigenvalue weighted by molar-refractivity contribution is 5.95. The fraction of sp³-hybridized carbons (Fsp3) is 0.429. The number of carbonyl (C=O) groups excluding carboxylic acids is 1. The summed E-state index contributed by atoms with van der Waals surface area (Å²) >= 11 is 0. The minimum absolute atomic E-state index is 0.377. The van der Waals surface area contributed by atoms with Crippen molar-refractivity contribution >= 4 is 11.9 Å². The molecule has 1 aliphatic rings. The zero-order chi connectivity index (χ0) is 13.7. The average molecular weight is 263 g/mol. The Balaban J connectivity index is 1.79. The Bertz CT molecular complexity index is 451. The molecule has 0 spiro atoms. The summed E-state index contributed by atoms with van der Waals surface area (Å²) in [6.45, 7) is 0.327.